The highest BCUT2D eigenvalue weighted by molar-refractivity contribution is 7.99. The van der Waals surface area contributed by atoms with Crippen molar-refractivity contribution in [3.8, 4) is 17.1 Å². The minimum Gasteiger partial charge on any atom is -0.335 e. The van der Waals surface area contributed by atoms with Gasteiger partial charge < -0.3 is 5.32 Å². The quantitative estimate of drug-likeness (QED) is 0.591. The van der Waals surface area contributed by atoms with Gasteiger partial charge >= 0.3 is 6.03 Å². The van der Waals surface area contributed by atoms with Crippen molar-refractivity contribution < 1.29 is 14.0 Å². The summed E-state index contributed by atoms with van der Waals surface area (Å²) in [6.45, 7) is 1.97. The lowest BCUT2D eigenvalue weighted by Gasteiger charge is -2.11. The van der Waals surface area contributed by atoms with Crippen LogP contribution in [0.5, 0.6) is 0 Å². The first kappa shape index (κ1) is 20.1. The fourth-order valence-corrected chi connectivity index (χ4v) is 3.60. The lowest BCUT2D eigenvalue weighted by molar-refractivity contribution is -0.117. The molecule has 1 aromatic heterocycles. The van der Waals surface area contributed by atoms with E-state index in [0.717, 1.165) is 35.9 Å². The van der Waals surface area contributed by atoms with Crippen molar-refractivity contribution in [2.45, 2.75) is 31.0 Å². The van der Waals surface area contributed by atoms with Crippen LogP contribution in [0.3, 0.4) is 0 Å². The summed E-state index contributed by atoms with van der Waals surface area (Å²) in [4.78, 5) is 23.9. The molecule has 0 spiro atoms. The monoisotopic (exact) mass is 425 g/mol. The number of carbonyl (C=O) groups excluding carboxylic acids is 2. The molecule has 154 valence electrons. The molecular formula is C21H20FN5O2S. The zero-order valence-corrected chi connectivity index (χ0v) is 17.1. The van der Waals surface area contributed by atoms with Crippen molar-refractivity contribution in [1.82, 2.24) is 25.4 Å². The summed E-state index contributed by atoms with van der Waals surface area (Å²) >= 11 is 1.13. The predicted molar refractivity (Wildman–Crippen MR) is 112 cm³/mol. The Labute approximate surface area is 177 Å². The minimum absolute atomic E-state index is 0.0284. The highest BCUT2D eigenvalue weighted by Gasteiger charge is 2.24. The molecule has 0 saturated heterocycles. The van der Waals surface area contributed by atoms with E-state index in [9.17, 15) is 14.0 Å². The molecule has 4 rings (SSSR count). The Bertz CT molecular complexity index is 1080. The molecule has 0 atom stereocenters. The van der Waals surface area contributed by atoms with Crippen LogP contribution in [0.2, 0.25) is 0 Å². The van der Waals surface area contributed by atoms with Gasteiger partial charge in [-0.3, -0.25) is 14.7 Å². The molecule has 0 unspecified atom stereocenters. The average molecular weight is 425 g/mol. The second-order valence-electron chi connectivity index (χ2n) is 7.04. The molecule has 1 saturated carbocycles. The van der Waals surface area contributed by atoms with E-state index in [1.807, 2.05) is 31.2 Å². The first-order valence-corrected chi connectivity index (χ1v) is 10.5. The van der Waals surface area contributed by atoms with E-state index in [1.165, 1.54) is 6.07 Å². The molecule has 0 aliphatic heterocycles. The van der Waals surface area contributed by atoms with E-state index in [1.54, 1.807) is 22.8 Å². The SMILES string of the molecule is Cc1ccc(-n2c(SCC(=O)NC(=O)NC3CC3)nnc2-c2ccccc2F)cc1. The number of thioether (sulfide) groups is 1. The molecule has 1 aliphatic rings. The topological polar surface area (TPSA) is 88.9 Å². The molecule has 30 heavy (non-hydrogen) atoms. The van der Waals surface area contributed by atoms with Crippen molar-refractivity contribution in [2.24, 2.45) is 0 Å². The van der Waals surface area contributed by atoms with E-state index in [2.05, 4.69) is 20.8 Å². The largest absolute Gasteiger partial charge is 0.335 e. The molecule has 1 fully saturated rings. The van der Waals surface area contributed by atoms with Gasteiger partial charge in [0.15, 0.2) is 11.0 Å². The lowest BCUT2D eigenvalue weighted by atomic mass is 10.2. The van der Waals surface area contributed by atoms with Crippen LogP contribution in [-0.2, 0) is 4.79 Å². The standard InChI is InChI=1S/C21H20FN5O2S/c1-13-6-10-15(11-7-13)27-19(16-4-2-3-5-17(16)22)25-26-21(27)30-12-18(28)24-20(29)23-14-8-9-14/h2-7,10-11,14H,8-9,12H2,1H3,(H2,23,24,28,29). The lowest BCUT2D eigenvalue weighted by Crippen LogP contribution is -2.41. The van der Waals surface area contributed by atoms with Crippen LogP contribution in [0, 0.1) is 12.7 Å². The van der Waals surface area contributed by atoms with Gasteiger partial charge in [0.25, 0.3) is 0 Å². The number of hydrogen-bond donors (Lipinski definition) is 2. The highest BCUT2D eigenvalue weighted by Crippen LogP contribution is 2.29. The smallest absolute Gasteiger partial charge is 0.321 e. The minimum atomic E-state index is -0.491. The van der Waals surface area contributed by atoms with Crippen LogP contribution in [0.15, 0.2) is 53.7 Å². The Kier molecular flexibility index (Phi) is 5.80. The number of urea groups is 1. The van der Waals surface area contributed by atoms with Gasteiger partial charge in [-0.2, -0.15) is 0 Å². The molecule has 0 radical (unpaired) electrons. The van der Waals surface area contributed by atoms with Crippen molar-refractivity contribution in [3.63, 3.8) is 0 Å². The molecule has 7 nitrogen and oxygen atoms in total. The summed E-state index contributed by atoms with van der Waals surface area (Å²) in [6, 6.07) is 13.6. The summed E-state index contributed by atoms with van der Waals surface area (Å²) in [6.07, 6.45) is 1.88. The summed E-state index contributed by atoms with van der Waals surface area (Å²) in [5.74, 6) is -0.543. The molecule has 0 bridgehead atoms. The Morgan fingerprint density at radius 2 is 1.87 bits per heavy atom. The first-order chi connectivity index (χ1) is 14.5. The number of nitrogens with zero attached hydrogens (tertiary/aromatic N) is 3. The number of rotatable bonds is 6. The van der Waals surface area contributed by atoms with Gasteiger partial charge in [0.1, 0.15) is 5.82 Å². The highest BCUT2D eigenvalue weighted by atomic mass is 32.2. The summed E-state index contributed by atoms with van der Waals surface area (Å²) in [5.41, 5.74) is 2.14. The van der Waals surface area contributed by atoms with Gasteiger partial charge in [-0.1, -0.05) is 41.6 Å². The third-order valence-electron chi connectivity index (χ3n) is 4.54. The van der Waals surface area contributed by atoms with Crippen LogP contribution in [-0.4, -0.2) is 38.5 Å². The molecule has 9 heteroatoms. The number of amides is 3. The number of halogens is 1. The molecule has 3 amide bonds. The second-order valence-corrected chi connectivity index (χ2v) is 7.98. The third-order valence-corrected chi connectivity index (χ3v) is 5.47. The Hall–Kier alpha value is -3.20. The van der Waals surface area contributed by atoms with E-state index in [4.69, 9.17) is 0 Å². The van der Waals surface area contributed by atoms with E-state index < -0.39 is 17.8 Å². The number of carbonyl (C=O) groups is 2. The van der Waals surface area contributed by atoms with Gasteiger partial charge in [0, 0.05) is 11.7 Å². The van der Waals surface area contributed by atoms with Gasteiger partial charge in [0.2, 0.25) is 5.91 Å². The van der Waals surface area contributed by atoms with Crippen molar-refractivity contribution in [1.29, 1.82) is 0 Å². The number of aromatic nitrogens is 3. The molecule has 2 aromatic carbocycles. The molecule has 1 heterocycles. The normalized spacial score (nSPS) is 13.1. The average Bonchev–Trinajstić information content (AvgIpc) is 3.43. The number of benzene rings is 2. The van der Waals surface area contributed by atoms with Crippen LogP contribution >= 0.6 is 11.8 Å². The van der Waals surface area contributed by atoms with Gasteiger partial charge in [-0.25, -0.2) is 9.18 Å². The second kappa shape index (κ2) is 8.66. The van der Waals surface area contributed by atoms with Crippen LogP contribution in [0.1, 0.15) is 18.4 Å². The van der Waals surface area contributed by atoms with Gasteiger partial charge in [-0.15, -0.1) is 10.2 Å². The Morgan fingerprint density at radius 3 is 2.57 bits per heavy atom. The number of imide groups is 1. The fourth-order valence-electron chi connectivity index (χ4n) is 2.85. The van der Waals surface area contributed by atoms with E-state index in [-0.39, 0.29) is 11.8 Å². The zero-order valence-electron chi connectivity index (χ0n) is 16.3. The first-order valence-electron chi connectivity index (χ1n) is 9.52. The number of hydrogen-bond acceptors (Lipinski definition) is 5. The molecule has 3 aromatic rings. The molecule has 2 N–H and O–H groups in total. The van der Waals surface area contributed by atoms with Crippen LogP contribution < -0.4 is 10.6 Å². The van der Waals surface area contributed by atoms with E-state index in [0.29, 0.717) is 16.5 Å². The number of nitrogens with one attached hydrogen (secondary N) is 2. The summed E-state index contributed by atoms with van der Waals surface area (Å²) < 4.78 is 16.1. The van der Waals surface area contributed by atoms with Crippen molar-refractivity contribution in [3.05, 3.63) is 59.9 Å². The van der Waals surface area contributed by atoms with Crippen LogP contribution in [0.4, 0.5) is 9.18 Å². The molecular weight excluding hydrogens is 405 g/mol. The van der Waals surface area contributed by atoms with Crippen molar-refractivity contribution >= 4 is 23.7 Å². The maximum Gasteiger partial charge on any atom is 0.321 e. The third kappa shape index (κ3) is 4.68. The fraction of sp³-hybridized carbons (Fsp3) is 0.238. The maximum atomic E-state index is 14.4. The van der Waals surface area contributed by atoms with E-state index >= 15 is 0 Å². The zero-order chi connectivity index (χ0) is 21.1. The maximum absolute atomic E-state index is 14.4. The van der Waals surface area contributed by atoms with Gasteiger partial charge in [-0.05, 0) is 44.0 Å². The van der Waals surface area contributed by atoms with Crippen LogP contribution in [0.25, 0.3) is 17.1 Å². The van der Waals surface area contributed by atoms with Crippen molar-refractivity contribution in [2.75, 3.05) is 5.75 Å². The van der Waals surface area contributed by atoms with Gasteiger partial charge in [0.05, 0.1) is 11.3 Å². The predicted octanol–water partition coefficient (Wildman–Crippen LogP) is 3.46. The number of aryl methyl sites for hydroxylation is 1. The summed E-state index contributed by atoms with van der Waals surface area (Å²) in [5, 5.41) is 13.8. The molecule has 1 aliphatic carbocycles. The summed E-state index contributed by atoms with van der Waals surface area (Å²) in [7, 11) is 0. The Morgan fingerprint density at radius 1 is 1.13 bits per heavy atom. The Balaban J connectivity index is 1.58.